The molecule has 0 spiro atoms. The van der Waals surface area contributed by atoms with Crippen LogP contribution in [-0.4, -0.2) is 41.8 Å². The van der Waals surface area contributed by atoms with Gasteiger partial charge in [-0.25, -0.2) is 4.90 Å². The van der Waals surface area contributed by atoms with Gasteiger partial charge in [0.1, 0.15) is 18.1 Å². The number of allylic oxidation sites excluding steroid dienone is 1. The van der Waals surface area contributed by atoms with Crippen LogP contribution in [0, 0.1) is 17.8 Å². The Labute approximate surface area is 296 Å². The largest absolute Gasteiger partial charge is 0.507 e. The number of benzene rings is 3. The van der Waals surface area contributed by atoms with Gasteiger partial charge in [-0.05, 0) is 85.5 Å². The quantitative estimate of drug-likeness (QED) is 0.0942. The number of rotatable bonds is 10. The average Bonchev–Trinajstić information content (AvgIpc) is 3.35. The number of aromatic hydroxyl groups is 1. The number of halogens is 6. The lowest BCUT2D eigenvalue weighted by atomic mass is 9.58. The summed E-state index contributed by atoms with van der Waals surface area (Å²) < 4.78 is 94.8. The summed E-state index contributed by atoms with van der Waals surface area (Å²) in [5.74, 6) is -4.34. The van der Waals surface area contributed by atoms with Crippen molar-refractivity contribution < 1.29 is 55.5 Å². The zero-order valence-corrected chi connectivity index (χ0v) is 28.1. The summed E-state index contributed by atoms with van der Waals surface area (Å²) in [7, 11) is -1.37. The van der Waals surface area contributed by atoms with E-state index < -0.39 is 72.0 Å². The van der Waals surface area contributed by atoms with E-state index in [4.69, 9.17) is 9.39 Å². The molecule has 3 aromatic carbocycles. The number of amides is 2. The first-order valence-electron chi connectivity index (χ1n) is 17.0. The molecule has 2 aliphatic heterocycles. The summed E-state index contributed by atoms with van der Waals surface area (Å²) >= 11 is 0. The lowest BCUT2D eigenvalue weighted by Gasteiger charge is -2.43. The fourth-order valence-electron chi connectivity index (χ4n) is 7.64. The van der Waals surface area contributed by atoms with Gasteiger partial charge in [0, 0.05) is 5.56 Å². The van der Waals surface area contributed by atoms with Crippen LogP contribution in [0.3, 0.4) is 0 Å². The van der Waals surface area contributed by atoms with Crippen LogP contribution in [0.2, 0.25) is 6.32 Å². The molecule has 52 heavy (non-hydrogen) atoms. The fraction of sp³-hybridized carbons (Fsp3) is 0.368. The molecular weight excluding hydrogens is 691 g/mol. The summed E-state index contributed by atoms with van der Waals surface area (Å²) in [6.07, 6.45) is -7.11. The Morgan fingerprint density at radius 3 is 2.21 bits per heavy atom. The summed E-state index contributed by atoms with van der Waals surface area (Å²) in [5, 5.41) is 21.3. The lowest BCUT2D eigenvalue weighted by Crippen LogP contribution is -2.46. The van der Waals surface area contributed by atoms with Gasteiger partial charge in [0.15, 0.2) is 0 Å². The van der Waals surface area contributed by atoms with Crippen LogP contribution < -0.4 is 9.64 Å². The molecule has 2 fully saturated rings. The van der Waals surface area contributed by atoms with Crippen molar-refractivity contribution in [2.45, 2.75) is 63.8 Å². The lowest BCUT2D eigenvalue weighted by molar-refractivity contribution is -0.143. The second-order valence-corrected chi connectivity index (χ2v) is 13.3. The Balaban J connectivity index is 1.38. The molecular formula is C38H36BF6NO6. The molecule has 0 aromatic heterocycles. The summed E-state index contributed by atoms with van der Waals surface area (Å²) in [5.41, 5.74) is -1.26. The van der Waals surface area contributed by atoms with E-state index in [-0.39, 0.29) is 31.2 Å². The molecule has 0 saturated carbocycles. The smallest absolute Gasteiger partial charge is 0.455 e. The first-order valence-corrected chi connectivity index (χ1v) is 17.0. The predicted octanol–water partition coefficient (Wildman–Crippen LogP) is 8.47. The van der Waals surface area contributed by atoms with Crippen molar-refractivity contribution in [3.8, 4) is 11.5 Å². The van der Waals surface area contributed by atoms with Crippen LogP contribution in [0.4, 0.5) is 32.0 Å². The van der Waals surface area contributed by atoms with Crippen molar-refractivity contribution >= 4 is 30.7 Å². The highest BCUT2D eigenvalue weighted by Crippen LogP contribution is 2.52. The minimum absolute atomic E-state index is 0.0339. The van der Waals surface area contributed by atoms with Crippen molar-refractivity contribution in [2.24, 2.45) is 17.8 Å². The molecule has 3 aromatic rings. The average molecular weight is 728 g/mol. The molecule has 0 radical (unpaired) electrons. The van der Waals surface area contributed by atoms with E-state index >= 15 is 0 Å². The molecule has 1 aliphatic carbocycles. The summed E-state index contributed by atoms with van der Waals surface area (Å²) in [4.78, 5) is 28.6. The van der Waals surface area contributed by atoms with Crippen molar-refractivity contribution in [1.29, 1.82) is 0 Å². The Kier molecular flexibility index (Phi) is 10.6. The maximum atomic E-state index is 14.1. The van der Waals surface area contributed by atoms with E-state index in [0.29, 0.717) is 58.8 Å². The SMILES string of the molecule is CCC/C(=C\c1ccccc1O)CC[C@H]1OB(O)C[C@H]2C1=C(COc1ccccc1)C[C@H]1C(=O)N(c3cc(C(F)(F)F)cc(C(F)(F)F)c3)C(=O)[C@H]12. The first kappa shape index (κ1) is 37.2. The van der Waals surface area contributed by atoms with Gasteiger partial charge in [-0.2, -0.15) is 26.3 Å². The number of carbonyl (C=O) groups is 2. The number of hydrogen-bond donors (Lipinski definition) is 2. The van der Waals surface area contributed by atoms with Crippen LogP contribution in [0.25, 0.3) is 6.08 Å². The van der Waals surface area contributed by atoms with E-state index in [1.54, 1.807) is 54.6 Å². The summed E-state index contributed by atoms with van der Waals surface area (Å²) in [6.45, 7) is 1.97. The second-order valence-electron chi connectivity index (χ2n) is 13.3. The summed E-state index contributed by atoms with van der Waals surface area (Å²) in [6, 6.07) is 16.4. The van der Waals surface area contributed by atoms with Gasteiger partial charge in [0.25, 0.3) is 0 Å². The Bertz CT molecular complexity index is 1850. The van der Waals surface area contributed by atoms with Crippen molar-refractivity contribution in [1.82, 2.24) is 0 Å². The number of anilines is 1. The van der Waals surface area contributed by atoms with Gasteiger partial charge in [0.2, 0.25) is 11.8 Å². The molecule has 2 saturated heterocycles. The molecule has 7 nitrogen and oxygen atoms in total. The van der Waals surface area contributed by atoms with Crippen molar-refractivity contribution in [2.75, 3.05) is 11.5 Å². The molecule has 6 rings (SSSR count). The Hall–Kier alpha value is -4.56. The van der Waals surface area contributed by atoms with Gasteiger partial charge in [-0.15, -0.1) is 0 Å². The van der Waals surface area contributed by atoms with Crippen molar-refractivity contribution in [3.05, 3.63) is 106 Å². The zero-order valence-electron chi connectivity index (χ0n) is 28.1. The van der Waals surface area contributed by atoms with Gasteiger partial charge < -0.3 is 19.5 Å². The van der Waals surface area contributed by atoms with Gasteiger partial charge >= 0.3 is 19.5 Å². The molecule has 4 atom stereocenters. The third kappa shape index (κ3) is 7.78. The van der Waals surface area contributed by atoms with E-state index in [2.05, 4.69) is 0 Å². The Morgan fingerprint density at radius 1 is 0.923 bits per heavy atom. The number of phenols is 1. The van der Waals surface area contributed by atoms with Crippen LogP contribution in [0.5, 0.6) is 11.5 Å². The van der Waals surface area contributed by atoms with Gasteiger partial charge in [0.05, 0.1) is 34.8 Å². The third-order valence-corrected chi connectivity index (χ3v) is 9.89. The molecule has 2 heterocycles. The molecule has 274 valence electrons. The van der Waals surface area contributed by atoms with E-state index in [9.17, 15) is 46.1 Å². The number of para-hydroxylation sites is 2. The minimum Gasteiger partial charge on any atom is -0.507 e. The topological polar surface area (TPSA) is 96.3 Å². The van der Waals surface area contributed by atoms with Crippen LogP contribution in [0.15, 0.2) is 89.5 Å². The number of hydrogen-bond acceptors (Lipinski definition) is 6. The normalized spacial score (nSPS) is 22.5. The monoisotopic (exact) mass is 727 g/mol. The van der Waals surface area contributed by atoms with Crippen LogP contribution in [-0.2, 0) is 26.6 Å². The zero-order chi connectivity index (χ0) is 37.4. The van der Waals surface area contributed by atoms with E-state index in [1.807, 2.05) is 13.0 Å². The molecule has 2 amide bonds. The number of alkyl halides is 6. The standard InChI is InChI=1S/C38H36BF6NO6/c1-2-8-22(15-23-9-6-7-12-31(23)47)13-14-32-33-24(21-51-28-10-4-3-5-11-28)16-29-34(30(33)20-39(50)52-32)36(49)46(35(29)48)27-18-25(37(40,41)42)17-26(19-27)38(43,44)45/h3-7,9-12,15,17-19,29-30,32,34,47,50H,2,8,13-14,16,20-21H2,1H3/b22-15+/t29-,30+,32-,34-/m1/s1. The maximum absolute atomic E-state index is 14.1. The molecule has 0 bridgehead atoms. The third-order valence-electron chi connectivity index (χ3n) is 9.89. The number of nitrogens with zero attached hydrogens (tertiary/aromatic N) is 1. The number of fused-ring (bicyclic) bond motifs is 3. The number of carbonyl (C=O) groups excluding carboxylic acids is 2. The Morgan fingerprint density at radius 2 is 1.58 bits per heavy atom. The molecule has 2 N–H and O–H groups in total. The maximum Gasteiger partial charge on any atom is 0.455 e. The molecule has 14 heteroatoms. The number of imide groups is 1. The minimum atomic E-state index is -5.19. The predicted molar refractivity (Wildman–Crippen MR) is 181 cm³/mol. The van der Waals surface area contributed by atoms with Crippen LogP contribution >= 0.6 is 0 Å². The van der Waals surface area contributed by atoms with E-state index in [0.717, 1.165) is 12.0 Å². The molecule has 0 unspecified atom stereocenters. The highest BCUT2D eigenvalue weighted by molar-refractivity contribution is 6.43. The first-order chi connectivity index (χ1) is 24.7. The van der Waals surface area contributed by atoms with Crippen LogP contribution in [0.1, 0.15) is 55.7 Å². The number of phenolic OH excluding ortho intramolecular Hbond substituents is 1. The highest BCUT2D eigenvalue weighted by atomic mass is 19.4. The number of ether oxygens (including phenoxy) is 1. The van der Waals surface area contributed by atoms with Crippen molar-refractivity contribution in [3.63, 3.8) is 0 Å². The van der Waals surface area contributed by atoms with E-state index in [1.165, 1.54) is 0 Å². The molecule has 3 aliphatic rings. The van der Waals surface area contributed by atoms with Gasteiger partial charge in [-0.3, -0.25) is 9.59 Å². The fourth-order valence-corrected chi connectivity index (χ4v) is 7.64. The highest BCUT2D eigenvalue weighted by Gasteiger charge is 2.58. The second kappa shape index (κ2) is 14.8. The van der Waals surface area contributed by atoms with Gasteiger partial charge in [-0.1, -0.05) is 61.4 Å².